The second-order valence-electron chi connectivity index (χ2n) is 16.6. The maximum absolute atomic E-state index is 5.43. The lowest BCUT2D eigenvalue weighted by Crippen LogP contribution is -2.14. The van der Waals surface area contributed by atoms with E-state index in [0.717, 1.165) is 44.3 Å². The van der Waals surface area contributed by atoms with Crippen LogP contribution in [0.4, 0.5) is 0 Å². The summed E-state index contributed by atoms with van der Waals surface area (Å²) in [6.07, 6.45) is 0. The molecule has 12 rings (SSSR count). The zero-order valence-corrected chi connectivity index (χ0v) is 33.4. The summed E-state index contributed by atoms with van der Waals surface area (Å²) in [5.41, 5.74) is 17.6. The highest BCUT2D eigenvalue weighted by molar-refractivity contribution is 6.17. The molecule has 2 heterocycles. The van der Waals surface area contributed by atoms with Gasteiger partial charge in [0.2, 0.25) is 5.95 Å². The van der Waals surface area contributed by atoms with E-state index in [1.165, 1.54) is 66.1 Å². The first-order chi connectivity index (χ1) is 29.5. The quantitative estimate of drug-likeness (QED) is 0.175. The summed E-state index contributed by atoms with van der Waals surface area (Å²) in [5.74, 6) is 0.652. The van der Waals surface area contributed by atoms with Gasteiger partial charge in [-0.2, -0.15) is 0 Å². The third-order valence-electron chi connectivity index (χ3n) is 12.8. The Labute approximate surface area is 348 Å². The molecule has 0 atom stereocenters. The van der Waals surface area contributed by atoms with Crippen molar-refractivity contribution in [3.05, 3.63) is 211 Å². The molecule has 0 bridgehead atoms. The van der Waals surface area contributed by atoms with Crippen LogP contribution in [0.25, 0.3) is 105 Å². The highest BCUT2D eigenvalue weighted by Gasteiger charge is 2.36. The normalized spacial score (nSPS) is 13.0. The second-order valence-corrected chi connectivity index (χ2v) is 16.6. The number of aromatic nitrogens is 3. The van der Waals surface area contributed by atoms with Crippen molar-refractivity contribution in [2.75, 3.05) is 0 Å². The van der Waals surface area contributed by atoms with E-state index in [1.807, 2.05) is 0 Å². The fourth-order valence-corrected chi connectivity index (χ4v) is 9.90. The van der Waals surface area contributed by atoms with Crippen molar-refractivity contribution in [1.82, 2.24) is 14.5 Å². The fraction of sp³-hybridized carbons (Fsp3) is 0.0526. The summed E-state index contributed by atoms with van der Waals surface area (Å²) in [5, 5.41) is 5.75. The minimum atomic E-state index is -0.0505. The zero-order chi connectivity index (χ0) is 40.0. The van der Waals surface area contributed by atoms with Crippen LogP contribution < -0.4 is 0 Å². The van der Waals surface area contributed by atoms with E-state index in [2.05, 4.69) is 219 Å². The molecule has 0 fully saturated rings. The molecule has 3 heteroatoms. The number of para-hydroxylation sites is 2. The molecule has 0 unspecified atom stereocenters. The summed E-state index contributed by atoms with van der Waals surface area (Å²) in [4.78, 5) is 10.8. The van der Waals surface area contributed by atoms with E-state index in [4.69, 9.17) is 9.97 Å². The first-order valence-corrected chi connectivity index (χ1v) is 20.7. The standard InChI is InChI=1S/C57H39N3/c1-57(2)49-29-10-8-24-46(49)53-43(26-15-30-50(53)57)41-22-12-20-37(32-41)38-21-13-23-42(33-38)44-27-14-28-45-48-34-39-18-6-7-19-40(39)35-52(48)60(55(44)45)56-58-51-31-11-9-25-47(51)54(59-56)36-16-4-3-5-17-36/h3-35H,1-2H3. The molecule has 282 valence electrons. The third kappa shape index (κ3) is 5.22. The Kier molecular flexibility index (Phi) is 7.58. The summed E-state index contributed by atoms with van der Waals surface area (Å²) in [6.45, 7) is 4.69. The highest BCUT2D eigenvalue weighted by Crippen LogP contribution is 2.52. The Bertz CT molecular complexity index is 3520. The molecule has 0 saturated carbocycles. The lowest BCUT2D eigenvalue weighted by molar-refractivity contribution is 0.660. The van der Waals surface area contributed by atoms with Crippen LogP contribution in [0.2, 0.25) is 0 Å². The van der Waals surface area contributed by atoms with Gasteiger partial charge >= 0.3 is 0 Å². The van der Waals surface area contributed by atoms with Gasteiger partial charge in [-0.05, 0) is 91.2 Å². The Morgan fingerprint density at radius 1 is 0.400 bits per heavy atom. The molecule has 0 spiro atoms. The molecule has 0 N–H and O–H groups in total. The second kappa shape index (κ2) is 13.2. The van der Waals surface area contributed by atoms with E-state index in [-0.39, 0.29) is 5.41 Å². The van der Waals surface area contributed by atoms with Crippen LogP contribution in [0, 0.1) is 0 Å². The monoisotopic (exact) mass is 765 g/mol. The summed E-state index contributed by atoms with van der Waals surface area (Å²) in [7, 11) is 0. The van der Waals surface area contributed by atoms with Crippen molar-refractivity contribution in [3.8, 4) is 61.7 Å². The van der Waals surface area contributed by atoms with Crippen molar-refractivity contribution in [3.63, 3.8) is 0 Å². The van der Waals surface area contributed by atoms with Gasteiger partial charge in [-0.15, -0.1) is 0 Å². The smallest absolute Gasteiger partial charge is 0.235 e. The van der Waals surface area contributed by atoms with Crippen molar-refractivity contribution >= 4 is 43.5 Å². The van der Waals surface area contributed by atoms with Crippen LogP contribution in [-0.4, -0.2) is 14.5 Å². The van der Waals surface area contributed by atoms with Gasteiger partial charge in [-0.25, -0.2) is 9.97 Å². The number of nitrogens with zero attached hydrogens (tertiary/aromatic N) is 3. The van der Waals surface area contributed by atoms with Gasteiger partial charge in [0.15, 0.2) is 0 Å². The van der Waals surface area contributed by atoms with Crippen LogP contribution in [0.1, 0.15) is 25.0 Å². The predicted octanol–water partition coefficient (Wildman–Crippen LogP) is 14.9. The molecule has 2 aromatic heterocycles. The molecular formula is C57H39N3. The summed E-state index contributed by atoms with van der Waals surface area (Å²) < 4.78 is 2.30. The molecule has 11 aromatic rings. The summed E-state index contributed by atoms with van der Waals surface area (Å²) in [6, 6.07) is 72.5. The molecule has 0 saturated heterocycles. The number of benzene rings is 9. The van der Waals surface area contributed by atoms with Crippen LogP contribution in [-0.2, 0) is 5.41 Å². The lowest BCUT2D eigenvalue weighted by Gasteiger charge is -2.21. The van der Waals surface area contributed by atoms with Crippen molar-refractivity contribution in [2.45, 2.75) is 19.3 Å². The van der Waals surface area contributed by atoms with Crippen molar-refractivity contribution in [2.24, 2.45) is 0 Å². The molecule has 0 amide bonds. The molecule has 9 aromatic carbocycles. The molecule has 3 nitrogen and oxygen atoms in total. The number of hydrogen-bond donors (Lipinski definition) is 0. The molecular weight excluding hydrogens is 727 g/mol. The number of hydrogen-bond acceptors (Lipinski definition) is 2. The van der Waals surface area contributed by atoms with Crippen LogP contribution in [0.5, 0.6) is 0 Å². The molecule has 0 radical (unpaired) electrons. The Balaban J connectivity index is 1.06. The zero-order valence-electron chi connectivity index (χ0n) is 33.4. The van der Waals surface area contributed by atoms with Gasteiger partial charge < -0.3 is 0 Å². The first kappa shape index (κ1) is 34.4. The Morgan fingerprint density at radius 2 is 0.967 bits per heavy atom. The number of fused-ring (bicyclic) bond motifs is 8. The van der Waals surface area contributed by atoms with E-state index < -0.39 is 0 Å². The van der Waals surface area contributed by atoms with E-state index in [0.29, 0.717) is 5.95 Å². The topological polar surface area (TPSA) is 30.7 Å². The largest absolute Gasteiger partial charge is 0.277 e. The third-order valence-corrected chi connectivity index (χ3v) is 12.8. The van der Waals surface area contributed by atoms with E-state index in [9.17, 15) is 0 Å². The van der Waals surface area contributed by atoms with Gasteiger partial charge in [0, 0.05) is 32.7 Å². The molecule has 1 aliphatic rings. The van der Waals surface area contributed by atoms with E-state index in [1.54, 1.807) is 0 Å². The fourth-order valence-electron chi connectivity index (χ4n) is 9.90. The SMILES string of the molecule is CC1(C)c2ccccc2-c2c(-c3cccc(-c4cccc(-c5cccc6c7cc8ccccc8cc7n(-c7nc(-c8ccccc8)c8ccccc8n7)c56)c4)c3)cccc21. The van der Waals surface area contributed by atoms with Crippen molar-refractivity contribution < 1.29 is 0 Å². The van der Waals surface area contributed by atoms with E-state index >= 15 is 0 Å². The minimum absolute atomic E-state index is 0.0505. The Hall–Kier alpha value is -7.62. The Morgan fingerprint density at radius 3 is 1.78 bits per heavy atom. The van der Waals surface area contributed by atoms with Gasteiger partial charge in [0.1, 0.15) is 0 Å². The average Bonchev–Trinajstić information content (AvgIpc) is 3.76. The van der Waals surface area contributed by atoms with Crippen LogP contribution in [0.15, 0.2) is 200 Å². The van der Waals surface area contributed by atoms with Crippen LogP contribution in [0.3, 0.4) is 0 Å². The van der Waals surface area contributed by atoms with Crippen LogP contribution >= 0.6 is 0 Å². The number of rotatable bonds is 5. The van der Waals surface area contributed by atoms with Crippen molar-refractivity contribution in [1.29, 1.82) is 0 Å². The lowest BCUT2D eigenvalue weighted by atomic mass is 9.82. The summed E-state index contributed by atoms with van der Waals surface area (Å²) >= 11 is 0. The maximum Gasteiger partial charge on any atom is 0.235 e. The van der Waals surface area contributed by atoms with Gasteiger partial charge in [-0.3, -0.25) is 4.57 Å². The van der Waals surface area contributed by atoms with Gasteiger partial charge in [0.05, 0.1) is 22.2 Å². The highest BCUT2D eigenvalue weighted by atomic mass is 15.2. The predicted molar refractivity (Wildman–Crippen MR) is 251 cm³/mol. The average molecular weight is 766 g/mol. The van der Waals surface area contributed by atoms with Gasteiger partial charge in [0.25, 0.3) is 0 Å². The van der Waals surface area contributed by atoms with Gasteiger partial charge in [-0.1, -0.05) is 184 Å². The molecule has 0 aliphatic heterocycles. The first-order valence-electron chi connectivity index (χ1n) is 20.7. The maximum atomic E-state index is 5.43. The minimum Gasteiger partial charge on any atom is -0.277 e. The molecule has 1 aliphatic carbocycles. The molecule has 60 heavy (non-hydrogen) atoms.